The molecule has 2 amide bonds. The number of hydrogen-bond donors (Lipinski definition) is 2. The molecular weight excluding hydrogens is 412 g/mol. The first kappa shape index (κ1) is 24.1. The van der Waals surface area contributed by atoms with Crippen LogP contribution in [-0.4, -0.2) is 24.5 Å². The minimum Gasteiger partial charge on any atom is -0.494 e. The summed E-state index contributed by atoms with van der Waals surface area (Å²) in [7, 11) is 0. The fraction of sp³-hybridized carbons (Fsp3) is 0.714. The van der Waals surface area contributed by atoms with Crippen LogP contribution in [0.25, 0.3) is 0 Å². The molecule has 0 radical (unpaired) electrons. The molecule has 0 heterocycles. The highest BCUT2D eigenvalue weighted by Crippen LogP contribution is 2.61. The summed E-state index contributed by atoms with van der Waals surface area (Å²) in [4.78, 5) is 25.6. The summed E-state index contributed by atoms with van der Waals surface area (Å²) in [6, 6.07) is 7.67. The molecule has 1 aromatic rings. The highest BCUT2D eigenvalue weighted by Gasteiger charge is 2.53. The van der Waals surface area contributed by atoms with Crippen LogP contribution < -0.4 is 15.4 Å². The van der Waals surface area contributed by atoms with Crippen LogP contribution >= 0.6 is 0 Å². The van der Waals surface area contributed by atoms with Gasteiger partial charge in [0.2, 0.25) is 11.8 Å². The number of ether oxygens (including phenoxy) is 1. The molecule has 0 saturated heterocycles. The highest BCUT2D eigenvalue weighted by atomic mass is 16.5. The average Bonchev–Trinajstić information content (AvgIpc) is 2.71. The van der Waals surface area contributed by atoms with Gasteiger partial charge in [-0.15, -0.1) is 0 Å². The highest BCUT2D eigenvalue weighted by molar-refractivity contribution is 5.91. The van der Waals surface area contributed by atoms with Gasteiger partial charge in [-0.25, -0.2) is 0 Å². The first-order valence-electron chi connectivity index (χ1n) is 13.0. The van der Waals surface area contributed by atoms with E-state index in [-0.39, 0.29) is 17.9 Å². The second-order valence-electron chi connectivity index (χ2n) is 12.0. The Kier molecular flexibility index (Phi) is 7.07. The van der Waals surface area contributed by atoms with Crippen molar-refractivity contribution >= 4 is 17.5 Å². The van der Waals surface area contributed by atoms with E-state index >= 15 is 0 Å². The molecule has 4 bridgehead atoms. The van der Waals surface area contributed by atoms with Gasteiger partial charge in [0.1, 0.15) is 5.75 Å². The van der Waals surface area contributed by atoms with Crippen LogP contribution in [-0.2, 0) is 9.59 Å². The number of anilines is 1. The molecule has 1 aromatic carbocycles. The zero-order chi connectivity index (χ0) is 23.6. The van der Waals surface area contributed by atoms with Gasteiger partial charge >= 0.3 is 0 Å². The number of carbonyl (C=O) groups excluding carboxylic acids is 2. The Morgan fingerprint density at radius 3 is 2.09 bits per heavy atom. The van der Waals surface area contributed by atoms with Crippen LogP contribution in [0.4, 0.5) is 5.69 Å². The van der Waals surface area contributed by atoms with Crippen LogP contribution in [0.1, 0.15) is 85.5 Å². The van der Waals surface area contributed by atoms with Crippen molar-refractivity contribution in [2.45, 2.75) is 91.5 Å². The van der Waals surface area contributed by atoms with Crippen LogP contribution in [0.15, 0.2) is 24.3 Å². The third-order valence-corrected chi connectivity index (χ3v) is 8.27. The molecule has 33 heavy (non-hydrogen) atoms. The maximum absolute atomic E-state index is 13.0. The number of benzene rings is 1. The van der Waals surface area contributed by atoms with Crippen molar-refractivity contribution < 1.29 is 14.3 Å². The van der Waals surface area contributed by atoms with Crippen LogP contribution in [0, 0.1) is 28.6 Å². The zero-order valence-corrected chi connectivity index (χ0v) is 20.9. The lowest BCUT2D eigenvalue weighted by Crippen LogP contribution is -2.56. The van der Waals surface area contributed by atoms with Gasteiger partial charge < -0.3 is 15.4 Å². The second-order valence-corrected chi connectivity index (χ2v) is 12.0. The Balaban J connectivity index is 1.25. The minimum absolute atomic E-state index is 0.0656. The van der Waals surface area contributed by atoms with E-state index in [0.29, 0.717) is 24.9 Å². The van der Waals surface area contributed by atoms with Crippen molar-refractivity contribution in [1.82, 2.24) is 5.32 Å². The predicted octanol–water partition coefficient (Wildman–Crippen LogP) is 5.94. The summed E-state index contributed by atoms with van der Waals surface area (Å²) in [6.07, 6.45) is 9.73. The van der Waals surface area contributed by atoms with Gasteiger partial charge in [-0.05, 0) is 105 Å². The van der Waals surface area contributed by atoms with E-state index in [2.05, 4.69) is 24.5 Å². The molecule has 1 unspecified atom stereocenters. The number of hydrogen-bond acceptors (Lipinski definition) is 3. The van der Waals surface area contributed by atoms with Crippen molar-refractivity contribution in [2.75, 3.05) is 11.9 Å². The van der Waals surface area contributed by atoms with Crippen molar-refractivity contribution in [1.29, 1.82) is 0 Å². The molecule has 0 aliphatic heterocycles. The Morgan fingerprint density at radius 2 is 1.55 bits per heavy atom. The van der Waals surface area contributed by atoms with E-state index in [1.807, 2.05) is 38.1 Å². The summed E-state index contributed by atoms with van der Waals surface area (Å²) < 4.78 is 5.59. The molecule has 5 nitrogen and oxygen atoms in total. The van der Waals surface area contributed by atoms with E-state index in [4.69, 9.17) is 4.74 Å². The van der Waals surface area contributed by atoms with Gasteiger partial charge in [0.25, 0.3) is 0 Å². The van der Waals surface area contributed by atoms with Gasteiger partial charge in [-0.3, -0.25) is 9.59 Å². The third-order valence-electron chi connectivity index (χ3n) is 8.27. The fourth-order valence-electron chi connectivity index (χ4n) is 7.14. The standard InChI is InChI=1S/C28H42N2O3/c1-5-10-33-24-8-6-23(7-9-24)30-26(32)18-27(3,4)17-25(31)29-19(2)28-14-20-11-21(15-28)13-22(12-20)16-28/h6-9,19-22H,5,10-18H2,1-4H3,(H,29,31)(H,30,32). The summed E-state index contributed by atoms with van der Waals surface area (Å²) in [5.41, 5.74) is 0.651. The van der Waals surface area contributed by atoms with Crippen molar-refractivity contribution in [3.8, 4) is 5.75 Å². The van der Waals surface area contributed by atoms with E-state index in [9.17, 15) is 9.59 Å². The lowest BCUT2D eigenvalue weighted by atomic mass is 9.48. The summed E-state index contributed by atoms with van der Waals surface area (Å²) in [5.74, 6) is 3.45. The topological polar surface area (TPSA) is 67.4 Å². The van der Waals surface area contributed by atoms with Gasteiger partial charge in [-0.2, -0.15) is 0 Å². The number of amides is 2. The zero-order valence-electron chi connectivity index (χ0n) is 20.9. The lowest BCUT2D eigenvalue weighted by molar-refractivity contribution is -0.128. The maximum atomic E-state index is 13.0. The first-order valence-corrected chi connectivity index (χ1v) is 13.0. The van der Waals surface area contributed by atoms with Gasteiger partial charge in [0.15, 0.2) is 0 Å². The maximum Gasteiger partial charge on any atom is 0.224 e. The molecule has 0 aromatic heterocycles. The minimum atomic E-state index is -0.403. The molecule has 182 valence electrons. The Bertz CT molecular complexity index is 810. The summed E-state index contributed by atoms with van der Waals surface area (Å²) >= 11 is 0. The third kappa shape index (κ3) is 5.91. The molecule has 4 fully saturated rings. The van der Waals surface area contributed by atoms with E-state index in [0.717, 1.165) is 35.6 Å². The number of rotatable bonds is 10. The number of nitrogens with one attached hydrogen (secondary N) is 2. The van der Waals surface area contributed by atoms with Crippen LogP contribution in [0.3, 0.4) is 0 Å². The van der Waals surface area contributed by atoms with Crippen molar-refractivity contribution in [2.24, 2.45) is 28.6 Å². The first-order chi connectivity index (χ1) is 15.7. The molecule has 5 rings (SSSR count). The van der Waals surface area contributed by atoms with Gasteiger partial charge in [-0.1, -0.05) is 20.8 Å². The molecule has 5 heteroatoms. The predicted molar refractivity (Wildman–Crippen MR) is 132 cm³/mol. The fourth-order valence-corrected chi connectivity index (χ4v) is 7.14. The Morgan fingerprint density at radius 1 is 1.00 bits per heavy atom. The van der Waals surface area contributed by atoms with Crippen LogP contribution in [0.2, 0.25) is 0 Å². The second kappa shape index (κ2) is 9.68. The Labute approximate surface area is 199 Å². The van der Waals surface area contributed by atoms with E-state index in [1.165, 1.54) is 38.5 Å². The SMILES string of the molecule is CCCOc1ccc(NC(=O)CC(C)(C)CC(=O)NC(C)C23CC4CC(CC(C4)C2)C3)cc1. The molecular formula is C28H42N2O3. The van der Waals surface area contributed by atoms with E-state index in [1.54, 1.807) is 0 Å². The van der Waals surface area contributed by atoms with Crippen LogP contribution in [0.5, 0.6) is 5.75 Å². The normalized spacial score (nSPS) is 28.9. The summed E-state index contributed by atoms with van der Waals surface area (Å²) in [6.45, 7) is 8.98. The molecule has 4 saturated carbocycles. The molecule has 1 atom stereocenters. The summed E-state index contributed by atoms with van der Waals surface area (Å²) in [5, 5.41) is 6.31. The lowest BCUT2D eigenvalue weighted by Gasteiger charge is -2.59. The molecule has 2 N–H and O–H groups in total. The smallest absolute Gasteiger partial charge is 0.224 e. The quantitative estimate of drug-likeness (QED) is 0.460. The monoisotopic (exact) mass is 454 g/mol. The average molecular weight is 455 g/mol. The Hall–Kier alpha value is -2.04. The van der Waals surface area contributed by atoms with Gasteiger partial charge in [0, 0.05) is 24.6 Å². The van der Waals surface area contributed by atoms with E-state index < -0.39 is 5.41 Å². The largest absolute Gasteiger partial charge is 0.494 e. The van der Waals surface area contributed by atoms with Crippen molar-refractivity contribution in [3.63, 3.8) is 0 Å². The number of carbonyl (C=O) groups is 2. The van der Waals surface area contributed by atoms with Gasteiger partial charge in [0.05, 0.1) is 6.61 Å². The van der Waals surface area contributed by atoms with Crippen molar-refractivity contribution in [3.05, 3.63) is 24.3 Å². The molecule has 4 aliphatic rings. The molecule has 4 aliphatic carbocycles. The molecule has 0 spiro atoms.